The van der Waals surface area contributed by atoms with Crippen LogP contribution in [-0.2, 0) is 9.53 Å². The Balaban J connectivity index is 1.65. The molecule has 1 heterocycles. The smallest absolute Gasteiger partial charge is 0.376 e. The molecule has 148 valence electrons. The highest BCUT2D eigenvalue weighted by molar-refractivity contribution is 7.80. The standard InChI is InChI=1S/C21H24N2O4S/c1-13(12-28)20(25)27-21(26)23-11-16(10-14(23)2)22-19(24)18-9-5-7-15-6-3-4-8-17(15)18/h3-9,13-14,16,28H,10-12H2,1-2H3,(H,22,24)/t13?,14?,16-/m0/s1. The van der Waals surface area contributed by atoms with Crippen molar-refractivity contribution < 1.29 is 19.1 Å². The predicted molar refractivity (Wildman–Crippen MR) is 110 cm³/mol. The van der Waals surface area contributed by atoms with Crippen LogP contribution in [0, 0.1) is 5.92 Å². The summed E-state index contributed by atoms with van der Waals surface area (Å²) in [6, 6.07) is 13.0. The fraction of sp³-hybridized carbons (Fsp3) is 0.381. The molecule has 0 bridgehead atoms. The number of carbonyl (C=O) groups excluding carboxylic acids is 3. The summed E-state index contributed by atoms with van der Waals surface area (Å²) in [5, 5.41) is 4.89. The molecule has 0 aliphatic carbocycles. The van der Waals surface area contributed by atoms with E-state index in [-0.39, 0.29) is 18.0 Å². The third-order valence-electron chi connectivity index (χ3n) is 5.04. The lowest BCUT2D eigenvalue weighted by molar-refractivity contribution is -0.141. The largest absolute Gasteiger partial charge is 0.417 e. The normalized spacial score (nSPS) is 20.0. The maximum atomic E-state index is 12.8. The Morgan fingerprint density at radius 3 is 2.68 bits per heavy atom. The molecule has 1 aliphatic heterocycles. The van der Waals surface area contributed by atoms with E-state index in [0.717, 1.165) is 10.8 Å². The van der Waals surface area contributed by atoms with Gasteiger partial charge in [-0.1, -0.05) is 43.3 Å². The Kier molecular flexibility index (Phi) is 6.24. The molecular formula is C21H24N2O4S. The van der Waals surface area contributed by atoms with Crippen molar-refractivity contribution in [2.45, 2.75) is 32.4 Å². The number of carbonyl (C=O) groups is 3. The minimum atomic E-state index is -0.673. The molecule has 3 atom stereocenters. The quantitative estimate of drug-likeness (QED) is 0.469. The number of hydrogen-bond acceptors (Lipinski definition) is 5. The third-order valence-corrected chi connectivity index (χ3v) is 5.59. The predicted octanol–water partition coefficient (Wildman–Crippen LogP) is 3.26. The maximum Gasteiger partial charge on any atom is 0.417 e. The average molecular weight is 401 g/mol. The zero-order chi connectivity index (χ0) is 20.3. The first kappa shape index (κ1) is 20.2. The maximum absolute atomic E-state index is 12.8. The van der Waals surface area contributed by atoms with Crippen LogP contribution in [0.15, 0.2) is 42.5 Å². The highest BCUT2D eigenvalue weighted by Crippen LogP contribution is 2.22. The summed E-state index contributed by atoms with van der Waals surface area (Å²) < 4.78 is 4.94. The number of fused-ring (bicyclic) bond motifs is 1. The van der Waals surface area contributed by atoms with E-state index < -0.39 is 18.0 Å². The molecule has 1 aliphatic rings. The first-order valence-electron chi connectivity index (χ1n) is 9.32. The molecule has 0 saturated carbocycles. The van der Waals surface area contributed by atoms with Gasteiger partial charge < -0.3 is 15.0 Å². The number of benzene rings is 2. The van der Waals surface area contributed by atoms with Crippen LogP contribution in [0.2, 0.25) is 0 Å². The summed E-state index contributed by atoms with van der Waals surface area (Å²) in [5.41, 5.74) is 0.601. The summed E-state index contributed by atoms with van der Waals surface area (Å²) >= 11 is 4.04. The van der Waals surface area contributed by atoms with Crippen LogP contribution < -0.4 is 5.32 Å². The lowest BCUT2D eigenvalue weighted by atomic mass is 10.0. The van der Waals surface area contributed by atoms with Crippen LogP contribution in [0.3, 0.4) is 0 Å². The van der Waals surface area contributed by atoms with Gasteiger partial charge in [-0.25, -0.2) is 4.79 Å². The molecule has 0 aromatic heterocycles. The van der Waals surface area contributed by atoms with Crippen molar-refractivity contribution in [3.63, 3.8) is 0 Å². The minimum Gasteiger partial charge on any atom is -0.376 e. The Hall–Kier alpha value is -2.54. The first-order chi connectivity index (χ1) is 13.4. The van der Waals surface area contributed by atoms with Crippen LogP contribution in [-0.4, -0.2) is 47.3 Å². The number of amides is 2. The van der Waals surface area contributed by atoms with E-state index in [1.165, 1.54) is 4.90 Å². The number of nitrogens with one attached hydrogen (secondary N) is 1. The van der Waals surface area contributed by atoms with Crippen molar-refractivity contribution in [2.75, 3.05) is 12.3 Å². The number of thiol groups is 1. The van der Waals surface area contributed by atoms with Gasteiger partial charge in [0.25, 0.3) is 5.91 Å². The van der Waals surface area contributed by atoms with Crippen molar-refractivity contribution >= 4 is 41.4 Å². The molecule has 0 radical (unpaired) electrons. The van der Waals surface area contributed by atoms with E-state index in [2.05, 4.69) is 17.9 Å². The topological polar surface area (TPSA) is 75.7 Å². The highest BCUT2D eigenvalue weighted by Gasteiger charge is 2.35. The molecule has 1 fully saturated rings. The van der Waals surface area contributed by atoms with Crippen LogP contribution in [0.5, 0.6) is 0 Å². The molecular weight excluding hydrogens is 376 g/mol. The number of nitrogens with zero attached hydrogens (tertiary/aromatic N) is 1. The SMILES string of the molecule is CC(CS)C(=O)OC(=O)N1C[C@@H](NC(=O)c2cccc3ccccc23)CC1C. The van der Waals surface area contributed by atoms with Crippen molar-refractivity contribution in [3.05, 3.63) is 48.0 Å². The fourth-order valence-electron chi connectivity index (χ4n) is 3.40. The molecule has 0 spiro atoms. The summed E-state index contributed by atoms with van der Waals surface area (Å²) in [7, 11) is 0. The van der Waals surface area contributed by atoms with E-state index >= 15 is 0 Å². The molecule has 7 heteroatoms. The molecule has 3 rings (SSSR count). The molecule has 28 heavy (non-hydrogen) atoms. The monoisotopic (exact) mass is 400 g/mol. The summed E-state index contributed by atoms with van der Waals surface area (Å²) in [5.74, 6) is -0.905. The van der Waals surface area contributed by atoms with Gasteiger partial charge in [-0.2, -0.15) is 12.6 Å². The van der Waals surface area contributed by atoms with Gasteiger partial charge in [0.1, 0.15) is 0 Å². The van der Waals surface area contributed by atoms with Crippen LogP contribution in [0.25, 0.3) is 10.8 Å². The van der Waals surface area contributed by atoms with Crippen LogP contribution >= 0.6 is 12.6 Å². The Morgan fingerprint density at radius 1 is 1.21 bits per heavy atom. The highest BCUT2D eigenvalue weighted by atomic mass is 32.1. The zero-order valence-electron chi connectivity index (χ0n) is 15.9. The second kappa shape index (κ2) is 8.65. The van der Waals surface area contributed by atoms with E-state index in [4.69, 9.17) is 4.74 Å². The number of rotatable bonds is 4. The van der Waals surface area contributed by atoms with Gasteiger partial charge in [0, 0.05) is 29.9 Å². The van der Waals surface area contributed by atoms with Gasteiger partial charge in [-0.3, -0.25) is 9.59 Å². The van der Waals surface area contributed by atoms with Gasteiger partial charge in [0.15, 0.2) is 0 Å². The summed E-state index contributed by atoms with van der Waals surface area (Å²) in [6.07, 6.45) is -0.0740. The molecule has 2 aromatic carbocycles. The van der Waals surface area contributed by atoms with Gasteiger partial charge in [-0.15, -0.1) is 0 Å². The Labute approximate surface area is 169 Å². The average Bonchev–Trinajstić information content (AvgIpc) is 3.06. The Morgan fingerprint density at radius 2 is 1.93 bits per heavy atom. The number of likely N-dealkylation sites (tertiary alicyclic amines) is 1. The van der Waals surface area contributed by atoms with Gasteiger partial charge in [-0.05, 0) is 30.2 Å². The summed E-state index contributed by atoms with van der Waals surface area (Å²) in [4.78, 5) is 38.4. The number of hydrogen-bond donors (Lipinski definition) is 2. The second-order valence-corrected chi connectivity index (χ2v) is 7.57. The Bertz CT molecular complexity index is 896. The number of ether oxygens (including phenoxy) is 1. The lowest BCUT2D eigenvalue weighted by Crippen LogP contribution is -2.40. The summed E-state index contributed by atoms with van der Waals surface area (Å²) in [6.45, 7) is 3.83. The van der Waals surface area contributed by atoms with Crippen LogP contribution in [0.1, 0.15) is 30.6 Å². The van der Waals surface area contributed by atoms with E-state index in [1.807, 2.05) is 43.3 Å². The van der Waals surface area contributed by atoms with E-state index in [1.54, 1.807) is 13.0 Å². The van der Waals surface area contributed by atoms with Crippen molar-refractivity contribution in [3.8, 4) is 0 Å². The number of esters is 1. The molecule has 2 amide bonds. The van der Waals surface area contributed by atoms with E-state index in [9.17, 15) is 14.4 Å². The van der Waals surface area contributed by atoms with E-state index in [0.29, 0.717) is 24.3 Å². The molecule has 6 nitrogen and oxygen atoms in total. The minimum absolute atomic E-state index is 0.135. The lowest BCUT2D eigenvalue weighted by Gasteiger charge is -2.20. The van der Waals surface area contributed by atoms with Gasteiger partial charge >= 0.3 is 12.1 Å². The second-order valence-electron chi connectivity index (χ2n) is 7.20. The van der Waals surface area contributed by atoms with Crippen molar-refractivity contribution in [1.29, 1.82) is 0 Å². The molecule has 2 aromatic rings. The van der Waals surface area contributed by atoms with Crippen molar-refractivity contribution in [1.82, 2.24) is 10.2 Å². The zero-order valence-corrected chi connectivity index (χ0v) is 16.8. The van der Waals surface area contributed by atoms with Crippen molar-refractivity contribution in [2.24, 2.45) is 5.92 Å². The molecule has 1 N–H and O–H groups in total. The van der Waals surface area contributed by atoms with Crippen LogP contribution in [0.4, 0.5) is 4.79 Å². The first-order valence-corrected chi connectivity index (χ1v) is 9.95. The third kappa shape index (κ3) is 4.30. The van der Waals surface area contributed by atoms with Gasteiger partial charge in [0.2, 0.25) is 0 Å². The van der Waals surface area contributed by atoms with Gasteiger partial charge in [0.05, 0.1) is 5.92 Å². The molecule has 2 unspecified atom stereocenters. The fourth-order valence-corrected chi connectivity index (χ4v) is 3.55. The molecule has 1 saturated heterocycles.